The highest BCUT2D eigenvalue weighted by atomic mass is 19.4. The van der Waals surface area contributed by atoms with E-state index in [1.165, 1.54) is 29.2 Å². The number of alkyl halides is 3. The first-order valence-electron chi connectivity index (χ1n) is 12.7. The summed E-state index contributed by atoms with van der Waals surface area (Å²) in [5.41, 5.74) is -0.927. The van der Waals surface area contributed by atoms with Crippen molar-refractivity contribution in [3.8, 4) is 0 Å². The molecule has 0 spiro atoms. The minimum Gasteiger partial charge on any atom is -0.389 e. The molecule has 2 heterocycles. The summed E-state index contributed by atoms with van der Waals surface area (Å²) in [5.74, 6) is -1.69. The Morgan fingerprint density at radius 2 is 1.58 bits per heavy atom. The molecule has 0 saturated carbocycles. The second-order valence-corrected chi connectivity index (χ2v) is 10.2. The first-order valence-corrected chi connectivity index (χ1v) is 12.7. The molecule has 38 heavy (non-hydrogen) atoms. The van der Waals surface area contributed by atoms with Crippen LogP contribution < -0.4 is 0 Å². The van der Waals surface area contributed by atoms with Gasteiger partial charge in [0.1, 0.15) is 11.6 Å². The van der Waals surface area contributed by atoms with E-state index in [-0.39, 0.29) is 49.9 Å². The van der Waals surface area contributed by atoms with Crippen LogP contribution >= 0.6 is 0 Å². The number of hydrogen-bond acceptors (Lipinski definition) is 4. The van der Waals surface area contributed by atoms with Crippen LogP contribution in [0.4, 0.5) is 22.0 Å². The molecule has 2 saturated heterocycles. The minimum absolute atomic E-state index is 0.139. The second kappa shape index (κ2) is 11.5. The molecule has 2 fully saturated rings. The van der Waals surface area contributed by atoms with Gasteiger partial charge in [0, 0.05) is 31.8 Å². The van der Waals surface area contributed by atoms with Gasteiger partial charge >= 0.3 is 6.18 Å². The lowest BCUT2D eigenvalue weighted by Gasteiger charge is -2.43. The van der Waals surface area contributed by atoms with Crippen LogP contribution in [0.3, 0.4) is 0 Å². The Morgan fingerprint density at radius 3 is 2.13 bits per heavy atom. The number of halogens is 5. The first kappa shape index (κ1) is 28.2. The molecule has 0 aromatic heterocycles. The van der Waals surface area contributed by atoms with Crippen LogP contribution in [-0.4, -0.2) is 70.3 Å². The lowest BCUT2D eigenvalue weighted by atomic mass is 9.84. The number of aliphatic hydroxyl groups excluding tert-OH is 1. The van der Waals surface area contributed by atoms with E-state index >= 15 is 0 Å². The summed E-state index contributed by atoms with van der Waals surface area (Å²) >= 11 is 0. The van der Waals surface area contributed by atoms with Crippen molar-refractivity contribution in [1.82, 2.24) is 9.80 Å². The fourth-order valence-electron chi connectivity index (χ4n) is 5.20. The molecule has 1 amide bonds. The molecule has 1 unspecified atom stereocenters. The summed E-state index contributed by atoms with van der Waals surface area (Å²) in [5, 5.41) is 21.9. The number of aliphatic hydroxyl groups is 2. The number of rotatable bonds is 6. The summed E-state index contributed by atoms with van der Waals surface area (Å²) < 4.78 is 65.1. The number of β-amino-alcohol motifs (C(OH)–C–C–N with tert-alkyl or cyclic N) is 1. The molecule has 10 heteroatoms. The maximum atomic E-state index is 13.3. The molecular formula is C28H31F5N2O3. The van der Waals surface area contributed by atoms with Crippen LogP contribution in [0.2, 0.25) is 0 Å². The van der Waals surface area contributed by atoms with Crippen molar-refractivity contribution in [3.63, 3.8) is 0 Å². The van der Waals surface area contributed by atoms with Gasteiger partial charge in [-0.3, -0.25) is 4.79 Å². The number of likely N-dealkylation sites (tertiary alicyclic amines) is 2. The molecule has 2 aliphatic rings. The van der Waals surface area contributed by atoms with Gasteiger partial charge in [-0.05, 0) is 86.2 Å². The van der Waals surface area contributed by atoms with Crippen molar-refractivity contribution in [2.75, 3.05) is 32.7 Å². The van der Waals surface area contributed by atoms with Gasteiger partial charge in [-0.25, -0.2) is 8.78 Å². The number of hydrogen-bond donors (Lipinski definition) is 2. The van der Waals surface area contributed by atoms with Crippen molar-refractivity contribution in [3.05, 3.63) is 76.9 Å². The SMILES string of the molecule is O=C(/C=C/c1cc(F)cc(F)c1)N1CCC(O)(C(O)CN2CCC(c3ccc(C(F)(F)F)cc3)CC2)CC1. The summed E-state index contributed by atoms with van der Waals surface area (Å²) in [7, 11) is 0. The highest BCUT2D eigenvalue weighted by Gasteiger charge is 2.40. The van der Waals surface area contributed by atoms with Crippen molar-refractivity contribution in [2.24, 2.45) is 0 Å². The second-order valence-electron chi connectivity index (χ2n) is 10.2. The van der Waals surface area contributed by atoms with E-state index < -0.39 is 35.1 Å². The number of amides is 1. The van der Waals surface area contributed by atoms with E-state index in [2.05, 4.69) is 0 Å². The molecule has 206 valence electrons. The molecule has 0 aliphatic carbocycles. The van der Waals surface area contributed by atoms with Crippen LogP contribution in [0.5, 0.6) is 0 Å². The van der Waals surface area contributed by atoms with Crippen LogP contribution in [-0.2, 0) is 11.0 Å². The van der Waals surface area contributed by atoms with E-state index in [1.807, 2.05) is 4.90 Å². The van der Waals surface area contributed by atoms with E-state index in [0.29, 0.717) is 13.1 Å². The molecule has 2 aliphatic heterocycles. The fourth-order valence-corrected chi connectivity index (χ4v) is 5.20. The zero-order valence-corrected chi connectivity index (χ0v) is 20.8. The molecule has 2 N–H and O–H groups in total. The normalized spacial score (nSPS) is 20.1. The molecule has 0 radical (unpaired) electrons. The molecule has 2 aromatic rings. The third-order valence-electron chi connectivity index (χ3n) is 7.59. The highest BCUT2D eigenvalue weighted by molar-refractivity contribution is 5.91. The van der Waals surface area contributed by atoms with E-state index in [1.54, 1.807) is 0 Å². The Labute approximate surface area is 218 Å². The monoisotopic (exact) mass is 538 g/mol. The zero-order valence-electron chi connectivity index (χ0n) is 20.8. The average molecular weight is 539 g/mol. The Bertz CT molecular complexity index is 1120. The Kier molecular flexibility index (Phi) is 8.54. The van der Waals surface area contributed by atoms with E-state index in [4.69, 9.17) is 0 Å². The quantitative estimate of drug-likeness (QED) is 0.417. The number of nitrogens with zero attached hydrogens (tertiary/aromatic N) is 2. The molecule has 2 aromatic carbocycles. The van der Waals surface area contributed by atoms with Crippen LogP contribution in [0.15, 0.2) is 48.5 Å². The number of carbonyl (C=O) groups excluding carboxylic acids is 1. The van der Waals surface area contributed by atoms with Gasteiger partial charge < -0.3 is 20.0 Å². The maximum Gasteiger partial charge on any atom is 0.416 e. The summed E-state index contributed by atoms with van der Waals surface area (Å²) in [4.78, 5) is 16.1. The molecular weight excluding hydrogens is 507 g/mol. The largest absolute Gasteiger partial charge is 0.416 e. The van der Waals surface area contributed by atoms with Crippen molar-refractivity contribution in [2.45, 2.75) is 49.5 Å². The van der Waals surface area contributed by atoms with Crippen LogP contribution in [0, 0.1) is 11.6 Å². The third kappa shape index (κ3) is 6.98. The van der Waals surface area contributed by atoms with Crippen molar-refractivity contribution < 1.29 is 37.0 Å². The topological polar surface area (TPSA) is 64.0 Å². The van der Waals surface area contributed by atoms with Crippen molar-refractivity contribution >= 4 is 12.0 Å². The van der Waals surface area contributed by atoms with Gasteiger partial charge in [0.15, 0.2) is 0 Å². The predicted octanol–water partition coefficient (Wildman–Crippen LogP) is 4.59. The minimum atomic E-state index is -4.36. The Balaban J connectivity index is 1.24. The first-order chi connectivity index (χ1) is 17.9. The molecule has 4 rings (SSSR count). The number of benzene rings is 2. The Hall–Kier alpha value is -2.82. The molecule has 1 atom stereocenters. The Morgan fingerprint density at radius 1 is 1.00 bits per heavy atom. The lowest BCUT2D eigenvalue weighted by molar-refractivity contribution is -0.140. The van der Waals surface area contributed by atoms with Gasteiger partial charge in [-0.1, -0.05) is 12.1 Å². The van der Waals surface area contributed by atoms with Gasteiger partial charge in [0.2, 0.25) is 5.91 Å². The highest BCUT2D eigenvalue weighted by Crippen LogP contribution is 2.34. The van der Waals surface area contributed by atoms with Gasteiger partial charge in [0.05, 0.1) is 17.3 Å². The van der Waals surface area contributed by atoms with Gasteiger partial charge in [-0.2, -0.15) is 13.2 Å². The van der Waals surface area contributed by atoms with Gasteiger partial charge in [0.25, 0.3) is 0 Å². The van der Waals surface area contributed by atoms with Gasteiger partial charge in [-0.15, -0.1) is 0 Å². The summed E-state index contributed by atoms with van der Waals surface area (Å²) in [6, 6.07) is 8.25. The fraction of sp³-hybridized carbons (Fsp3) is 0.464. The standard InChI is InChI=1S/C28H31F5N2O3/c29-23-15-19(16-24(30)17-23)1-6-26(37)35-13-9-27(38,10-14-35)25(36)18-34-11-7-21(8-12-34)20-2-4-22(5-3-20)28(31,32)33/h1-6,15-17,21,25,36,38H,7-14,18H2/b6-1+. The maximum absolute atomic E-state index is 13.3. The predicted molar refractivity (Wildman–Crippen MR) is 132 cm³/mol. The van der Waals surface area contributed by atoms with E-state index in [9.17, 15) is 37.0 Å². The zero-order chi connectivity index (χ0) is 27.5. The third-order valence-corrected chi connectivity index (χ3v) is 7.59. The number of carbonyl (C=O) groups is 1. The average Bonchev–Trinajstić information content (AvgIpc) is 2.87. The molecule has 0 bridgehead atoms. The molecule has 5 nitrogen and oxygen atoms in total. The van der Waals surface area contributed by atoms with E-state index in [0.717, 1.165) is 48.7 Å². The summed E-state index contributed by atoms with van der Waals surface area (Å²) in [6.07, 6.45) is -0.973. The van der Waals surface area contributed by atoms with Crippen molar-refractivity contribution in [1.29, 1.82) is 0 Å². The summed E-state index contributed by atoms with van der Waals surface area (Å²) in [6.45, 7) is 2.01. The smallest absolute Gasteiger partial charge is 0.389 e. The lowest BCUT2D eigenvalue weighted by Crippen LogP contribution is -2.56. The van der Waals surface area contributed by atoms with Crippen LogP contribution in [0.1, 0.15) is 48.3 Å². The van der Waals surface area contributed by atoms with Crippen LogP contribution in [0.25, 0.3) is 6.08 Å². The number of piperidine rings is 2.